The number of H-pyrrole nitrogens is 1. The van der Waals surface area contributed by atoms with E-state index in [-0.39, 0.29) is 23.7 Å². The predicted molar refractivity (Wildman–Crippen MR) is 211 cm³/mol. The van der Waals surface area contributed by atoms with Crippen molar-refractivity contribution in [3.63, 3.8) is 0 Å². The van der Waals surface area contributed by atoms with Crippen molar-refractivity contribution >= 4 is 75.9 Å². The Morgan fingerprint density at radius 2 is 2.04 bits per heavy atom. The van der Waals surface area contributed by atoms with Crippen LogP contribution in [-0.4, -0.2) is 97.1 Å². The van der Waals surface area contributed by atoms with E-state index >= 15 is 0 Å². The Kier molecular flexibility index (Phi) is 7.70. The molecule has 0 aliphatic carbocycles. The van der Waals surface area contributed by atoms with Crippen molar-refractivity contribution in [3.8, 4) is 29.6 Å². The van der Waals surface area contributed by atoms with Crippen LogP contribution in [0.4, 0.5) is 15.0 Å². The Balaban J connectivity index is 1.12. The highest BCUT2D eigenvalue weighted by Gasteiger charge is 2.48. The van der Waals surface area contributed by atoms with E-state index in [9.17, 15) is 9.18 Å². The summed E-state index contributed by atoms with van der Waals surface area (Å²) in [7, 11) is 0. The molecule has 4 aliphatic heterocycles. The van der Waals surface area contributed by atoms with Gasteiger partial charge in [-0.1, -0.05) is 5.92 Å². The van der Waals surface area contributed by atoms with Gasteiger partial charge in [-0.3, -0.25) is 19.9 Å². The molecule has 1 aromatic carbocycles. The number of aromatic nitrogens is 5. The first-order chi connectivity index (χ1) is 26.1. The van der Waals surface area contributed by atoms with E-state index in [1.807, 2.05) is 49.5 Å². The topological polar surface area (TPSA) is 113 Å². The number of fused-ring (bicyclic) bond motifs is 8. The van der Waals surface area contributed by atoms with E-state index in [1.54, 1.807) is 22.7 Å². The molecule has 2 bridgehead atoms. The number of benzene rings is 1. The second-order valence-electron chi connectivity index (χ2n) is 16.1. The van der Waals surface area contributed by atoms with Gasteiger partial charge in [-0.2, -0.15) is 15.1 Å². The third kappa shape index (κ3) is 5.26. The summed E-state index contributed by atoms with van der Waals surface area (Å²) in [6.07, 6.45) is 14.6. The number of carbonyl (C=O) groups excluding carboxylic acids is 1. The fourth-order valence-corrected chi connectivity index (χ4v) is 11.4. The summed E-state index contributed by atoms with van der Waals surface area (Å²) < 4.78 is 28.2. The monoisotopic (exact) mass is 762 g/mol. The van der Waals surface area contributed by atoms with Gasteiger partial charge >= 0.3 is 12.1 Å². The first kappa shape index (κ1) is 33.7. The highest BCUT2D eigenvalue weighted by molar-refractivity contribution is 7.26. The number of terminal acetylenes is 1. The maximum Gasteiger partial charge on any atom is 0.410 e. The highest BCUT2D eigenvalue weighted by Crippen LogP contribution is 2.48. The van der Waals surface area contributed by atoms with Gasteiger partial charge in [-0.05, 0) is 77.1 Å². The zero-order valence-corrected chi connectivity index (χ0v) is 31.9. The number of amides is 1. The summed E-state index contributed by atoms with van der Waals surface area (Å²) in [6.45, 7) is 8.85. The Labute approximate surface area is 319 Å². The van der Waals surface area contributed by atoms with E-state index < -0.39 is 5.60 Å². The molecule has 1 N–H and O–H groups in total. The van der Waals surface area contributed by atoms with E-state index in [4.69, 9.17) is 30.8 Å². The van der Waals surface area contributed by atoms with Crippen molar-refractivity contribution in [2.75, 3.05) is 37.7 Å². The lowest BCUT2D eigenvalue weighted by Gasteiger charge is -2.42. The van der Waals surface area contributed by atoms with Gasteiger partial charge in [-0.25, -0.2) is 9.18 Å². The quantitative estimate of drug-likeness (QED) is 0.175. The number of piperazine rings is 1. The standard InChI is InChI=1S/C40H39FN8O3S2/c1-5-23-20-53-29-13-28-27(16-43-46-28)31(30(23)29)33-34-26(9-11-42-33)32-35(47-18-24-7-8-25(19-47)49(24)38(50)52-39(2,3)4)44-37(45-36(32)54-34)51-21-40-10-6-12-48(40)17-22(14-40)15-41/h1,9,11,13,15-16,20,24-25H,6-8,10,12,14,17-19,21H2,2-4H3,(H,43,46)/b22-15-/t24-,25+,40-/m0/s1. The number of hydrogen-bond acceptors (Lipinski definition) is 11. The summed E-state index contributed by atoms with van der Waals surface area (Å²) >= 11 is 3.18. The third-order valence-corrected chi connectivity index (χ3v) is 13.6. The number of hydrogen-bond donors (Lipinski definition) is 1. The molecule has 276 valence electrons. The van der Waals surface area contributed by atoms with Crippen LogP contribution in [0.1, 0.15) is 58.4 Å². The van der Waals surface area contributed by atoms with Gasteiger partial charge < -0.3 is 14.4 Å². The Morgan fingerprint density at radius 1 is 1.20 bits per heavy atom. The lowest BCUT2D eigenvalue weighted by molar-refractivity contribution is 0.0122. The van der Waals surface area contributed by atoms with Crippen molar-refractivity contribution < 1.29 is 18.7 Å². The lowest BCUT2D eigenvalue weighted by atomic mass is 9.94. The van der Waals surface area contributed by atoms with Crippen molar-refractivity contribution in [2.45, 2.75) is 76.1 Å². The molecular formula is C40H39FN8O3S2. The Hall–Kier alpha value is -4.84. The summed E-state index contributed by atoms with van der Waals surface area (Å²) in [5, 5.41) is 13.4. The van der Waals surface area contributed by atoms with Crippen LogP contribution in [0.3, 0.4) is 0 Å². The molecule has 4 saturated heterocycles. The molecule has 54 heavy (non-hydrogen) atoms. The molecule has 11 nitrogen and oxygen atoms in total. The summed E-state index contributed by atoms with van der Waals surface area (Å²) in [6, 6.07) is 4.40. The number of ether oxygens (including phenoxy) is 2. The molecule has 0 saturated carbocycles. The number of anilines is 1. The van der Waals surface area contributed by atoms with E-state index in [2.05, 4.69) is 32.0 Å². The molecule has 3 atom stereocenters. The average Bonchev–Trinajstić information content (AvgIpc) is 3.99. The maximum absolute atomic E-state index is 13.7. The van der Waals surface area contributed by atoms with Crippen LogP contribution >= 0.6 is 22.7 Å². The molecule has 10 rings (SSSR count). The number of halogens is 1. The number of aromatic amines is 1. The normalized spacial score (nSPS) is 23.7. The van der Waals surface area contributed by atoms with Crippen LogP contribution in [0.2, 0.25) is 0 Å². The number of thiophene rings is 2. The van der Waals surface area contributed by atoms with E-state index in [0.29, 0.717) is 38.7 Å². The minimum Gasteiger partial charge on any atom is -0.461 e. The van der Waals surface area contributed by atoms with Crippen molar-refractivity contribution in [3.05, 3.63) is 47.4 Å². The predicted octanol–water partition coefficient (Wildman–Crippen LogP) is 8.04. The average molecular weight is 763 g/mol. The number of nitrogens with zero attached hydrogens (tertiary/aromatic N) is 7. The molecule has 14 heteroatoms. The summed E-state index contributed by atoms with van der Waals surface area (Å²) in [5.41, 5.74) is 3.44. The molecule has 9 heterocycles. The van der Waals surface area contributed by atoms with Gasteiger partial charge in [0.15, 0.2) is 0 Å². The first-order valence-electron chi connectivity index (χ1n) is 18.5. The van der Waals surface area contributed by atoms with Gasteiger partial charge in [-0.15, -0.1) is 29.1 Å². The smallest absolute Gasteiger partial charge is 0.410 e. The van der Waals surface area contributed by atoms with Crippen molar-refractivity contribution in [1.82, 2.24) is 34.9 Å². The van der Waals surface area contributed by atoms with Gasteiger partial charge in [0.05, 0.1) is 51.4 Å². The van der Waals surface area contributed by atoms with E-state index in [0.717, 1.165) is 108 Å². The number of nitrogens with one attached hydrogen (secondary N) is 1. The van der Waals surface area contributed by atoms with Crippen LogP contribution in [-0.2, 0) is 4.74 Å². The van der Waals surface area contributed by atoms with Gasteiger partial charge in [0.2, 0.25) is 0 Å². The van der Waals surface area contributed by atoms with Crippen molar-refractivity contribution in [2.24, 2.45) is 0 Å². The molecule has 1 amide bonds. The van der Waals surface area contributed by atoms with Crippen LogP contribution < -0.4 is 9.64 Å². The molecule has 0 radical (unpaired) electrons. The molecule has 6 aromatic rings. The largest absolute Gasteiger partial charge is 0.461 e. The fraction of sp³-hybridized carbons (Fsp3) is 0.425. The molecule has 5 aromatic heterocycles. The third-order valence-electron chi connectivity index (χ3n) is 11.6. The van der Waals surface area contributed by atoms with Crippen molar-refractivity contribution in [1.29, 1.82) is 0 Å². The van der Waals surface area contributed by atoms with Crippen LogP contribution in [0.25, 0.3) is 52.5 Å². The molecular weight excluding hydrogens is 724 g/mol. The number of rotatable bonds is 5. The maximum atomic E-state index is 13.7. The zero-order valence-electron chi connectivity index (χ0n) is 30.3. The Morgan fingerprint density at radius 3 is 2.81 bits per heavy atom. The molecule has 4 aliphatic rings. The zero-order chi connectivity index (χ0) is 36.9. The highest BCUT2D eigenvalue weighted by atomic mass is 32.1. The van der Waals surface area contributed by atoms with Gasteiger partial charge in [0, 0.05) is 63.2 Å². The molecule has 0 spiro atoms. The Bertz CT molecular complexity index is 2570. The minimum atomic E-state index is -0.578. The van der Waals surface area contributed by atoms with Gasteiger partial charge in [0.25, 0.3) is 0 Å². The van der Waals surface area contributed by atoms with Crippen LogP contribution in [0.5, 0.6) is 6.01 Å². The SMILES string of the molecule is C#Cc1csc2cc3[nH]ncc3c(-c3nccc4c3sc3nc(OC[C@@]56CCCN5C/C(=C\F)C6)nc(N5C[C@H]6CC[C@@H](C5)N6C(=O)OC(C)(C)C)c34)c12. The fourth-order valence-electron chi connectivity index (χ4n) is 9.34. The number of carbonyl (C=O) groups is 1. The lowest BCUT2D eigenvalue weighted by Crippen LogP contribution is -2.57. The van der Waals surface area contributed by atoms with Crippen LogP contribution in [0.15, 0.2) is 41.8 Å². The summed E-state index contributed by atoms with van der Waals surface area (Å²) in [5.74, 6) is 3.67. The first-order valence-corrected chi connectivity index (χ1v) is 20.2. The van der Waals surface area contributed by atoms with Gasteiger partial charge in [0.1, 0.15) is 22.9 Å². The second-order valence-corrected chi connectivity index (χ2v) is 18.0. The minimum absolute atomic E-state index is 0.0156. The van der Waals surface area contributed by atoms with E-state index in [1.165, 1.54) is 0 Å². The summed E-state index contributed by atoms with van der Waals surface area (Å²) in [4.78, 5) is 36.1. The second kappa shape index (κ2) is 12.3. The number of pyridine rings is 1. The van der Waals surface area contributed by atoms with Crippen LogP contribution in [0, 0.1) is 12.3 Å². The molecule has 0 unspecified atom stereocenters. The molecule has 4 fully saturated rings.